The zero-order valence-corrected chi connectivity index (χ0v) is 14.8. The number of ketones is 1. The Bertz CT molecular complexity index is 748. The number of benzene rings is 2. The molecule has 0 unspecified atom stereocenters. The van der Waals surface area contributed by atoms with Crippen LogP contribution in [0.2, 0.25) is 5.02 Å². The smallest absolute Gasteiger partial charge is 0.253 e. The molecule has 1 fully saturated rings. The molecule has 0 radical (unpaired) electrons. The van der Waals surface area contributed by atoms with Crippen molar-refractivity contribution in [3.8, 4) is 5.75 Å². The number of likely N-dealkylation sites (tertiary alicyclic amines) is 1. The van der Waals surface area contributed by atoms with E-state index < -0.39 is 0 Å². The highest BCUT2D eigenvalue weighted by atomic mass is 35.5. The van der Waals surface area contributed by atoms with Crippen LogP contribution in [0.3, 0.4) is 0 Å². The average Bonchev–Trinajstić information content (AvgIpc) is 2.67. The molecule has 0 aromatic heterocycles. The molecule has 1 aliphatic rings. The van der Waals surface area contributed by atoms with Gasteiger partial charge in [0.05, 0.1) is 7.11 Å². The summed E-state index contributed by atoms with van der Waals surface area (Å²) in [7, 11) is 1.60. The quantitative estimate of drug-likeness (QED) is 0.774. The lowest BCUT2D eigenvalue weighted by Gasteiger charge is -2.31. The highest BCUT2D eigenvalue weighted by molar-refractivity contribution is 6.30. The van der Waals surface area contributed by atoms with Crippen molar-refractivity contribution >= 4 is 23.3 Å². The molecule has 0 atom stereocenters. The van der Waals surface area contributed by atoms with Crippen molar-refractivity contribution in [1.29, 1.82) is 0 Å². The summed E-state index contributed by atoms with van der Waals surface area (Å²) in [6, 6.07) is 14.1. The second-order valence-corrected chi connectivity index (χ2v) is 6.60. The molecule has 0 bridgehead atoms. The fourth-order valence-electron chi connectivity index (χ4n) is 3.11. The molecular weight excluding hydrogens is 338 g/mol. The van der Waals surface area contributed by atoms with E-state index in [9.17, 15) is 9.59 Å². The van der Waals surface area contributed by atoms with Crippen molar-refractivity contribution < 1.29 is 14.3 Å². The summed E-state index contributed by atoms with van der Waals surface area (Å²) in [6.07, 6.45) is 1.37. The zero-order valence-electron chi connectivity index (χ0n) is 14.1. The van der Waals surface area contributed by atoms with Crippen molar-refractivity contribution in [2.45, 2.75) is 12.8 Å². The van der Waals surface area contributed by atoms with E-state index in [1.54, 1.807) is 60.5 Å². The molecule has 0 aliphatic carbocycles. The third kappa shape index (κ3) is 4.02. The van der Waals surface area contributed by atoms with Crippen molar-refractivity contribution in [1.82, 2.24) is 4.90 Å². The van der Waals surface area contributed by atoms with Crippen LogP contribution in [-0.2, 0) is 0 Å². The maximum absolute atomic E-state index is 12.6. The number of nitrogens with zero attached hydrogens (tertiary/aromatic N) is 1. The first-order chi connectivity index (χ1) is 12.1. The molecule has 0 N–H and O–H groups in total. The van der Waals surface area contributed by atoms with Gasteiger partial charge >= 0.3 is 0 Å². The summed E-state index contributed by atoms with van der Waals surface area (Å²) in [5.74, 6) is 0.829. The van der Waals surface area contributed by atoms with Gasteiger partial charge in [-0.25, -0.2) is 0 Å². The Morgan fingerprint density at radius 2 is 1.52 bits per heavy atom. The molecule has 25 heavy (non-hydrogen) atoms. The van der Waals surface area contributed by atoms with Gasteiger partial charge in [-0.1, -0.05) is 11.6 Å². The second kappa shape index (κ2) is 7.70. The minimum atomic E-state index is -0.0392. The molecule has 0 saturated carbocycles. The number of Topliss-reactive ketones (excluding diaryl/α,β-unsaturated/α-hetero) is 1. The van der Waals surface area contributed by atoms with Crippen LogP contribution >= 0.6 is 11.6 Å². The Labute approximate surface area is 152 Å². The predicted molar refractivity (Wildman–Crippen MR) is 97.4 cm³/mol. The second-order valence-electron chi connectivity index (χ2n) is 6.17. The van der Waals surface area contributed by atoms with Crippen molar-refractivity contribution in [2.75, 3.05) is 20.2 Å². The summed E-state index contributed by atoms with van der Waals surface area (Å²) in [6.45, 7) is 1.18. The average molecular weight is 358 g/mol. The largest absolute Gasteiger partial charge is 0.497 e. The van der Waals surface area contributed by atoms with Gasteiger partial charge in [0.15, 0.2) is 5.78 Å². The Morgan fingerprint density at radius 3 is 2.08 bits per heavy atom. The standard InChI is InChI=1S/C20H20ClNO3/c1-25-18-8-4-14(5-9-18)19(23)15-10-12-22(13-11-15)20(24)16-2-6-17(21)7-3-16/h2-9,15H,10-13H2,1H3. The summed E-state index contributed by atoms with van der Waals surface area (Å²) in [5, 5.41) is 0.611. The molecule has 1 aliphatic heterocycles. The fourth-order valence-corrected chi connectivity index (χ4v) is 3.24. The number of methoxy groups -OCH3 is 1. The highest BCUT2D eigenvalue weighted by Gasteiger charge is 2.28. The minimum absolute atomic E-state index is 0.00740. The Kier molecular flexibility index (Phi) is 5.39. The number of hydrogen-bond donors (Lipinski definition) is 0. The van der Waals surface area contributed by atoms with E-state index in [4.69, 9.17) is 16.3 Å². The summed E-state index contributed by atoms with van der Waals surface area (Å²) in [5.41, 5.74) is 1.33. The number of carbonyl (C=O) groups is 2. The molecular formula is C20H20ClNO3. The lowest BCUT2D eigenvalue weighted by molar-refractivity contribution is 0.0650. The molecule has 2 aromatic rings. The first-order valence-corrected chi connectivity index (χ1v) is 8.69. The molecule has 1 heterocycles. The SMILES string of the molecule is COc1ccc(C(=O)C2CCN(C(=O)c3ccc(Cl)cc3)CC2)cc1. The predicted octanol–water partition coefficient (Wildman–Crippen LogP) is 4.08. The Morgan fingerprint density at radius 1 is 0.960 bits per heavy atom. The Balaban J connectivity index is 1.60. The molecule has 4 nitrogen and oxygen atoms in total. The van der Waals surface area contributed by atoms with E-state index in [0.29, 0.717) is 42.1 Å². The van der Waals surface area contributed by atoms with E-state index >= 15 is 0 Å². The van der Waals surface area contributed by atoms with Gasteiger partial charge < -0.3 is 9.64 Å². The monoisotopic (exact) mass is 357 g/mol. The van der Waals surface area contributed by atoms with Crippen LogP contribution in [0, 0.1) is 5.92 Å². The van der Waals surface area contributed by atoms with E-state index in [1.807, 2.05) is 0 Å². The summed E-state index contributed by atoms with van der Waals surface area (Å²) in [4.78, 5) is 26.9. The van der Waals surface area contributed by atoms with Crippen molar-refractivity contribution in [3.63, 3.8) is 0 Å². The molecule has 3 rings (SSSR count). The topological polar surface area (TPSA) is 46.6 Å². The maximum Gasteiger partial charge on any atom is 0.253 e. The lowest BCUT2D eigenvalue weighted by Crippen LogP contribution is -2.40. The van der Waals surface area contributed by atoms with Gasteiger partial charge in [-0.3, -0.25) is 9.59 Å². The third-order valence-corrected chi connectivity index (χ3v) is 4.87. The number of carbonyl (C=O) groups excluding carboxylic acids is 2. The molecule has 130 valence electrons. The van der Waals surface area contributed by atoms with E-state index in [0.717, 1.165) is 5.75 Å². The number of halogens is 1. The number of ether oxygens (including phenoxy) is 1. The molecule has 1 saturated heterocycles. The van der Waals surface area contributed by atoms with E-state index in [2.05, 4.69) is 0 Å². The maximum atomic E-state index is 12.6. The van der Waals surface area contributed by atoms with Crippen LogP contribution in [0.4, 0.5) is 0 Å². The normalized spacial score (nSPS) is 15.0. The van der Waals surface area contributed by atoms with Crippen LogP contribution in [0.15, 0.2) is 48.5 Å². The zero-order chi connectivity index (χ0) is 17.8. The van der Waals surface area contributed by atoms with Crippen LogP contribution in [0.1, 0.15) is 33.6 Å². The van der Waals surface area contributed by atoms with Gasteiger partial charge in [-0.2, -0.15) is 0 Å². The van der Waals surface area contributed by atoms with Crippen molar-refractivity contribution in [2.24, 2.45) is 5.92 Å². The number of hydrogen-bond acceptors (Lipinski definition) is 3. The molecule has 0 spiro atoms. The van der Waals surface area contributed by atoms with Gasteiger partial charge in [-0.05, 0) is 61.4 Å². The molecule has 2 aromatic carbocycles. The first-order valence-electron chi connectivity index (χ1n) is 8.31. The number of rotatable bonds is 4. The van der Waals surface area contributed by atoms with Gasteiger partial charge in [0.2, 0.25) is 0 Å². The van der Waals surface area contributed by atoms with Gasteiger partial charge in [0, 0.05) is 35.2 Å². The van der Waals surface area contributed by atoms with Gasteiger partial charge in [0.1, 0.15) is 5.75 Å². The first kappa shape index (κ1) is 17.5. The van der Waals surface area contributed by atoms with Crippen LogP contribution < -0.4 is 4.74 Å². The summed E-state index contributed by atoms with van der Waals surface area (Å²) < 4.78 is 5.12. The minimum Gasteiger partial charge on any atom is -0.497 e. The third-order valence-electron chi connectivity index (χ3n) is 4.62. The highest BCUT2D eigenvalue weighted by Crippen LogP contribution is 2.24. The number of piperidine rings is 1. The molecule has 1 amide bonds. The summed E-state index contributed by atoms with van der Waals surface area (Å²) >= 11 is 5.86. The van der Waals surface area contributed by atoms with Gasteiger partial charge in [-0.15, -0.1) is 0 Å². The van der Waals surface area contributed by atoms with Crippen molar-refractivity contribution in [3.05, 3.63) is 64.7 Å². The van der Waals surface area contributed by atoms with Crippen LogP contribution in [0.25, 0.3) is 0 Å². The lowest BCUT2D eigenvalue weighted by atomic mass is 9.88. The van der Waals surface area contributed by atoms with Crippen LogP contribution in [0.5, 0.6) is 5.75 Å². The fraction of sp³-hybridized carbons (Fsp3) is 0.300. The van der Waals surface area contributed by atoms with Gasteiger partial charge in [0.25, 0.3) is 5.91 Å². The van der Waals surface area contributed by atoms with Crippen LogP contribution in [-0.4, -0.2) is 36.8 Å². The number of amides is 1. The van der Waals surface area contributed by atoms with E-state index in [1.165, 1.54) is 0 Å². The molecule has 5 heteroatoms. The Hall–Kier alpha value is -2.33. The van der Waals surface area contributed by atoms with E-state index in [-0.39, 0.29) is 17.6 Å².